The van der Waals surface area contributed by atoms with E-state index in [4.69, 9.17) is 0 Å². The summed E-state index contributed by atoms with van der Waals surface area (Å²) in [6.07, 6.45) is 4.04. The maximum Gasteiger partial charge on any atom is 0.276 e. The van der Waals surface area contributed by atoms with Crippen molar-refractivity contribution in [2.45, 2.75) is 18.9 Å². The highest BCUT2D eigenvalue weighted by Crippen LogP contribution is 2.18. The number of carbonyl (C=O) groups is 2. The molecule has 0 saturated carbocycles. The predicted octanol–water partition coefficient (Wildman–Crippen LogP) is 2.25. The molecule has 1 atom stereocenters. The number of thioether (sulfide) groups is 1. The zero-order chi connectivity index (χ0) is 19.3. The van der Waals surface area contributed by atoms with Crippen LogP contribution in [0.5, 0.6) is 0 Å². The number of amides is 2. The van der Waals surface area contributed by atoms with E-state index in [0.717, 1.165) is 50.5 Å². The first-order valence-corrected chi connectivity index (χ1v) is 10.9. The topological polar surface area (TPSA) is 79.3 Å². The van der Waals surface area contributed by atoms with Crippen molar-refractivity contribution >= 4 is 29.3 Å². The van der Waals surface area contributed by atoms with E-state index in [0.29, 0.717) is 23.0 Å². The first-order chi connectivity index (χ1) is 13.7. The summed E-state index contributed by atoms with van der Waals surface area (Å²) >= 11 is 1.87. The van der Waals surface area contributed by atoms with Crippen molar-refractivity contribution in [3.63, 3.8) is 0 Å². The molecular formula is C20H25N5O2S. The minimum absolute atomic E-state index is 0.0190. The van der Waals surface area contributed by atoms with Crippen LogP contribution < -0.4 is 10.6 Å². The van der Waals surface area contributed by atoms with Crippen molar-refractivity contribution < 1.29 is 9.59 Å². The van der Waals surface area contributed by atoms with Gasteiger partial charge in [0.15, 0.2) is 5.69 Å². The number of aromatic nitrogens is 2. The molecule has 1 aromatic carbocycles. The third-order valence-corrected chi connectivity index (χ3v) is 6.09. The van der Waals surface area contributed by atoms with Gasteiger partial charge in [0.2, 0.25) is 0 Å². The molecule has 0 spiro atoms. The number of rotatable bonds is 4. The van der Waals surface area contributed by atoms with E-state index in [1.54, 1.807) is 30.3 Å². The number of hydrogen-bond acceptors (Lipinski definition) is 5. The molecule has 0 bridgehead atoms. The molecule has 1 aromatic heterocycles. The third-order valence-electron chi connectivity index (χ3n) is 5.15. The monoisotopic (exact) mass is 399 g/mol. The van der Waals surface area contributed by atoms with E-state index in [2.05, 4.69) is 15.7 Å². The van der Waals surface area contributed by atoms with Gasteiger partial charge in [0.05, 0.1) is 6.04 Å². The number of nitrogens with one attached hydrogen (secondary N) is 2. The van der Waals surface area contributed by atoms with E-state index in [1.165, 1.54) is 0 Å². The normalized spacial score (nSPS) is 20.0. The molecule has 4 rings (SSSR count). The quantitative estimate of drug-likeness (QED) is 0.824. The number of piperidine rings is 1. The lowest BCUT2D eigenvalue weighted by Crippen LogP contribution is -2.37. The third kappa shape index (κ3) is 4.39. The minimum atomic E-state index is -0.263. The van der Waals surface area contributed by atoms with Crippen LogP contribution in [0, 0.1) is 0 Å². The molecule has 2 saturated heterocycles. The van der Waals surface area contributed by atoms with Gasteiger partial charge in [-0.15, -0.1) is 0 Å². The van der Waals surface area contributed by atoms with Gasteiger partial charge in [-0.3, -0.25) is 14.3 Å². The first-order valence-electron chi connectivity index (χ1n) is 9.75. The summed E-state index contributed by atoms with van der Waals surface area (Å²) in [5.41, 5.74) is 1.59. The summed E-state index contributed by atoms with van der Waals surface area (Å²) in [7, 11) is 0. The summed E-state index contributed by atoms with van der Waals surface area (Å²) in [4.78, 5) is 27.1. The second-order valence-corrected chi connectivity index (χ2v) is 8.35. The molecule has 2 aromatic rings. The second-order valence-electron chi connectivity index (χ2n) is 7.12. The average Bonchev–Trinajstić information content (AvgIpc) is 3.25. The predicted molar refractivity (Wildman–Crippen MR) is 111 cm³/mol. The van der Waals surface area contributed by atoms with Gasteiger partial charge >= 0.3 is 0 Å². The zero-order valence-corrected chi connectivity index (χ0v) is 16.6. The highest BCUT2D eigenvalue weighted by molar-refractivity contribution is 7.99. The molecule has 2 aliphatic heterocycles. The molecule has 0 aliphatic carbocycles. The van der Waals surface area contributed by atoms with Crippen molar-refractivity contribution in [3.05, 3.63) is 47.8 Å². The Morgan fingerprint density at radius 1 is 1.21 bits per heavy atom. The second kappa shape index (κ2) is 8.79. The average molecular weight is 400 g/mol. The van der Waals surface area contributed by atoms with Gasteiger partial charge < -0.3 is 15.5 Å². The standard InChI is InChI=1S/C20H25N5O2S/c26-19(18-6-8-25(23-18)17-5-2-7-21-14-17)22-16-4-1-3-15(13-16)20(27)24-9-11-28-12-10-24/h1,3-4,6,8,13,17,21H,2,5,7,9-12,14H2,(H,22,26). The Labute approximate surface area is 168 Å². The van der Waals surface area contributed by atoms with Gasteiger partial charge in [-0.1, -0.05) is 6.07 Å². The lowest BCUT2D eigenvalue weighted by Gasteiger charge is -2.26. The van der Waals surface area contributed by atoms with Gasteiger partial charge in [-0.05, 0) is 43.7 Å². The van der Waals surface area contributed by atoms with E-state index in [-0.39, 0.29) is 11.8 Å². The fourth-order valence-electron chi connectivity index (χ4n) is 3.60. The van der Waals surface area contributed by atoms with Gasteiger partial charge in [0, 0.05) is 48.6 Å². The molecule has 8 heteroatoms. The molecule has 2 N–H and O–H groups in total. The SMILES string of the molecule is O=C(Nc1cccc(C(=O)N2CCSCC2)c1)c1ccn(C2CCCNC2)n1. The number of carbonyl (C=O) groups excluding carboxylic acids is 2. The Balaban J connectivity index is 1.42. The number of anilines is 1. The van der Waals surface area contributed by atoms with Crippen LogP contribution in [0.2, 0.25) is 0 Å². The largest absolute Gasteiger partial charge is 0.337 e. The smallest absolute Gasteiger partial charge is 0.276 e. The number of nitrogens with zero attached hydrogens (tertiary/aromatic N) is 3. The fraction of sp³-hybridized carbons (Fsp3) is 0.450. The lowest BCUT2D eigenvalue weighted by molar-refractivity contribution is 0.0772. The Kier molecular flexibility index (Phi) is 5.97. The zero-order valence-electron chi connectivity index (χ0n) is 15.8. The van der Waals surface area contributed by atoms with Crippen LogP contribution in [0.1, 0.15) is 39.7 Å². The van der Waals surface area contributed by atoms with E-state index in [1.807, 2.05) is 27.5 Å². The Bertz CT molecular complexity index is 841. The summed E-state index contributed by atoms with van der Waals surface area (Å²) in [6, 6.07) is 9.16. The Hall–Kier alpha value is -2.32. The van der Waals surface area contributed by atoms with Crippen molar-refractivity contribution in [1.29, 1.82) is 0 Å². The summed E-state index contributed by atoms with van der Waals surface area (Å²) in [5, 5.41) is 10.7. The first kappa shape index (κ1) is 19.0. The summed E-state index contributed by atoms with van der Waals surface area (Å²) in [5.74, 6) is 1.70. The highest BCUT2D eigenvalue weighted by atomic mass is 32.2. The molecular weight excluding hydrogens is 374 g/mol. The van der Waals surface area contributed by atoms with Gasteiger partial charge in [0.25, 0.3) is 11.8 Å². The van der Waals surface area contributed by atoms with Crippen molar-refractivity contribution in [3.8, 4) is 0 Å². The molecule has 28 heavy (non-hydrogen) atoms. The van der Waals surface area contributed by atoms with Crippen LogP contribution in [-0.4, -0.2) is 64.2 Å². The minimum Gasteiger partial charge on any atom is -0.337 e. The van der Waals surface area contributed by atoms with Crippen LogP contribution >= 0.6 is 11.8 Å². The molecule has 2 aliphatic rings. The Morgan fingerprint density at radius 3 is 2.86 bits per heavy atom. The van der Waals surface area contributed by atoms with Gasteiger partial charge in [0.1, 0.15) is 0 Å². The highest BCUT2D eigenvalue weighted by Gasteiger charge is 2.20. The molecule has 148 valence electrons. The molecule has 2 fully saturated rings. The molecule has 2 amide bonds. The van der Waals surface area contributed by atoms with Gasteiger partial charge in [-0.25, -0.2) is 0 Å². The van der Waals surface area contributed by atoms with Crippen LogP contribution in [-0.2, 0) is 0 Å². The van der Waals surface area contributed by atoms with E-state index >= 15 is 0 Å². The Morgan fingerprint density at radius 2 is 2.07 bits per heavy atom. The van der Waals surface area contributed by atoms with Crippen molar-refractivity contribution in [2.24, 2.45) is 0 Å². The van der Waals surface area contributed by atoms with Crippen LogP contribution in [0.3, 0.4) is 0 Å². The molecule has 1 unspecified atom stereocenters. The van der Waals surface area contributed by atoms with Crippen LogP contribution in [0.4, 0.5) is 5.69 Å². The fourth-order valence-corrected chi connectivity index (χ4v) is 4.50. The summed E-state index contributed by atoms with van der Waals surface area (Å²) < 4.78 is 1.87. The number of hydrogen-bond donors (Lipinski definition) is 2. The molecule has 0 radical (unpaired) electrons. The van der Waals surface area contributed by atoms with Crippen molar-refractivity contribution in [1.82, 2.24) is 20.0 Å². The van der Waals surface area contributed by atoms with Crippen LogP contribution in [0.15, 0.2) is 36.5 Å². The van der Waals surface area contributed by atoms with E-state index in [9.17, 15) is 9.59 Å². The number of benzene rings is 1. The molecule has 7 nitrogen and oxygen atoms in total. The maximum absolute atomic E-state index is 12.7. The summed E-state index contributed by atoms with van der Waals surface area (Å²) in [6.45, 7) is 3.46. The molecule has 3 heterocycles. The lowest BCUT2D eigenvalue weighted by atomic mass is 10.1. The van der Waals surface area contributed by atoms with Crippen molar-refractivity contribution in [2.75, 3.05) is 43.0 Å². The van der Waals surface area contributed by atoms with Gasteiger partial charge in [-0.2, -0.15) is 16.9 Å². The van der Waals surface area contributed by atoms with E-state index < -0.39 is 0 Å². The maximum atomic E-state index is 12.7. The van der Waals surface area contributed by atoms with Crippen LogP contribution in [0.25, 0.3) is 0 Å².